The van der Waals surface area contributed by atoms with E-state index >= 15 is 0 Å². The topological polar surface area (TPSA) is 32.3 Å². The molecule has 0 bridgehead atoms. The fourth-order valence-electron chi connectivity index (χ4n) is 4.14. The van der Waals surface area contributed by atoms with Crippen LogP contribution >= 0.6 is 0 Å². The highest BCUT2D eigenvalue weighted by atomic mass is 16.3. The van der Waals surface area contributed by atoms with E-state index in [0.717, 1.165) is 5.56 Å². The molecule has 0 aliphatic heterocycles. The molecule has 2 nitrogen and oxygen atoms in total. The average Bonchev–Trinajstić information content (AvgIpc) is 2.68. The summed E-state index contributed by atoms with van der Waals surface area (Å²) < 4.78 is 0. The Balaban J connectivity index is 1.81. The van der Waals surface area contributed by atoms with Crippen molar-refractivity contribution in [1.82, 2.24) is 5.32 Å². The van der Waals surface area contributed by atoms with Crippen molar-refractivity contribution in [3.8, 4) is 5.75 Å². The van der Waals surface area contributed by atoms with Crippen molar-refractivity contribution in [3.05, 3.63) is 78.4 Å². The molecule has 2 heteroatoms. The van der Waals surface area contributed by atoms with Crippen LogP contribution in [0, 0.1) is 11.8 Å². The van der Waals surface area contributed by atoms with Crippen LogP contribution in [0.3, 0.4) is 0 Å². The summed E-state index contributed by atoms with van der Waals surface area (Å²) in [7, 11) is 0. The highest BCUT2D eigenvalue weighted by molar-refractivity contribution is 5.32. The van der Waals surface area contributed by atoms with Crippen molar-refractivity contribution in [2.45, 2.75) is 44.7 Å². The number of nitrogens with one attached hydrogen (secondary N) is 1. The third-order valence-electron chi connectivity index (χ3n) is 5.51. The predicted octanol–water partition coefficient (Wildman–Crippen LogP) is 5.61. The maximum Gasteiger partial charge on any atom is 0.120 e. The Morgan fingerprint density at radius 3 is 2.36 bits per heavy atom. The lowest BCUT2D eigenvalue weighted by Crippen LogP contribution is -2.32. The number of aromatic hydroxyl groups is 1. The van der Waals surface area contributed by atoms with Crippen molar-refractivity contribution in [2.75, 3.05) is 0 Å². The molecule has 2 N–H and O–H groups in total. The van der Waals surface area contributed by atoms with Crippen LogP contribution < -0.4 is 5.32 Å². The van der Waals surface area contributed by atoms with Crippen LogP contribution in [-0.2, 0) is 6.54 Å². The van der Waals surface area contributed by atoms with Crippen LogP contribution in [0.2, 0.25) is 0 Å². The van der Waals surface area contributed by atoms with Crippen LogP contribution in [0.1, 0.15) is 49.3 Å². The smallest absolute Gasteiger partial charge is 0.120 e. The van der Waals surface area contributed by atoms with Crippen molar-refractivity contribution in [3.63, 3.8) is 0 Å². The Labute approximate surface area is 151 Å². The van der Waals surface area contributed by atoms with Gasteiger partial charge < -0.3 is 10.4 Å². The second kappa shape index (κ2) is 8.87. The lowest BCUT2D eigenvalue weighted by atomic mass is 9.75. The van der Waals surface area contributed by atoms with E-state index in [2.05, 4.69) is 48.3 Å². The minimum atomic E-state index is 0.224. The van der Waals surface area contributed by atoms with Gasteiger partial charge in [-0.3, -0.25) is 0 Å². The zero-order valence-electron chi connectivity index (χ0n) is 14.9. The molecule has 1 fully saturated rings. The molecule has 25 heavy (non-hydrogen) atoms. The SMILES string of the molecule is C=C[C@H](C1CCCCC1)[C@H](NCc1ccccc1O)c1ccccc1. The zero-order chi connectivity index (χ0) is 17.5. The molecular weight excluding hydrogens is 306 g/mol. The number of phenolic OH excluding ortho intramolecular Hbond substituents is 1. The first-order valence-electron chi connectivity index (χ1n) is 9.47. The zero-order valence-corrected chi connectivity index (χ0v) is 14.9. The van der Waals surface area contributed by atoms with Crippen molar-refractivity contribution in [2.24, 2.45) is 11.8 Å². The summed E-state index contributed by atoms with van der Waals surface area (Å²) >= 11 is 0. The first kappa shape index (κ1) is 17.8. The molecule has 0 aromatic heterocycles. The summed E-state index contributed by atoms with van der Waals surface area (Å²) in [6.45, 7) is 4.82. The van der Waals surface area contributed by atoms with Crippen molar-refractivity contribution >= 4 is 0 Å². The van der Waals surface area contributed by atoms with Gasteiger partial charge in [0.1, 0.15) is 5.75 Å². The third kappa shape index (κ3) is 4.52. The van der Waals surface area contributed by atoms with Gasteiger partial charge in [0, 0.05) is 18.2 Å². The maximum absolute atomic E-state index is 10.1. The van der Waals surface area contributed by atoms with Gasteiger partial charge in [-0.25, -0.2) is 0 Å². The summed E-state index contributed by atoms with van der Waals surface area (Å²) in [6, 6.07) is 18.4. The minimum Gasteiger partial charge on any atom is -0.508 e. The number of rotatable bonds is 7. The predicted molar refractivity (Wildman–Crippen MR) is 104 cm³/mol. The molecule has 0 spiro atoms. The molecule has 1 aliphatic carbocycles. The van der Waals surface area contributed by atoms with Crippen LogP contribution in [0.15, 0.2) is 67.3 Å². The van der Waals surface area contributed by atoms with Crippen molar-refractivity contribution < 1.29 is 5.11 Å². The third-order valence-corrected chi connectivity index (χ3v) is 5.51. The van der Waals surface area contributed by atoms with Crippen LogP contribution in [0.5, 0.6) is 5.75 Å². The summed E-state index contributed by atoms with van der Waals surface area (Å²) in [5, 5.41) is 13.8. The van der Waals surface area contributed by atoms with Crippen molar-refractivity contribution in [1.29, 1.82) is 0 Å². The Kier molecular flexibility index (Phi) is 6.30. The molecular formula is C23H29NO. The fraction of sp³-hybridized carbons (Fsp3) is 0.391. The van der Waals surface area contributed by atoms with Gasteiger partial charge in [-0.05, 0) is 36.3 Å². The van der Waals surface area contributed by atoms with E-state index in [1.54, 1.807) is 6.07 Å². The summed E-state index contributed by atoms with van der Waals surface area (Å²) in [5.41, 5.74) is 2.24. The summed E-state index contributed by atoms with van der Waals surface area (Å²) in [5.74, 6) is 1.46. The molecule has 1 saturated carbocycles. The summed E-state index contributed by atoms with van der Waals surface area (Å²) in [6.07, 6.45) is 8.75. The first-order chi connectivity index (χ1) is 12.3. The van der Waals surface area contributed by atoms with Gasteiger partial charge in [-0.2, -0.15) is 0 Å². The second-order valence-corrected chi connectivity index (χ2v) is 7.11. The Morgan fingerprint density at radius 2 is 1.68 bits per heavy atom. The minimum absolute atomic E-state index is 0.224. The Bertz CT molecular complexity index is 661. The molecule has 2 aromatic carbocycles. The number of para-hydroxylation sites is 1. The normalized spacial score (nSPS) is 17.8. The largest absolute Gasteiger partial charge is 0.508 e. The van der Waals surface area contributed by atoms with Gasteiger partial charge in [0.05, 0.1) is 0 Å². The van der Waals surface area contributed by atoms with E-state index < -0.39 is 0 Å². The molecule has 0 unspecified atom stereocenters. The first-order valence-corrected chi connectivity index (χ1v) is 9.47. The van der Waals surface area contributed by atoms with E-state index in [-0.39, 0.29) is 6.04 Å². The fourth-order valence-corrected chi connectivity index (χ4v) is 4.14. The quantitative estimate of drug-likeness (QED) is 0.645. The van der Waals surface area contributed by atoms with Crippen LogP contribution in [-0.4, -0.2) is 5.11 Å². The van der Waals surface area contributed by atoms with Crippen LogP contribution in [0.25, 0.3) is 0 Å². The molecule has 0 amide bonds. The van der Waals surface area contributed by atoms with E-state index in [0.29, 0.717) is 24.1 Å². The molecule has 0 heterocycles. The molecule has 132 valence electrons. The van der Waals surface area contributed by atoms with Gasteiger partial charge in [-0.15, -0.1) is 6.58 Å². The highest BCUT2D eigenvalue weighted by Gasteiger charge is 2.29. The molecule has 0 radical (unpaired) electrons. The van der Waals surface area contributed by atoms with Gasteiger partial charge in [0.2, 0.25) is 0 Å². The Morgan fingerprint density at radius 1 is 1.00 bits per heavy atom. The lowest BCUT2D eigenvalue weighted by molar-refractivity contribution is 0.235. The lowest BCUT2D eigenvalue weighted by Gasteiger charge is -2.35. The molecule has 2 aromatic rings. The van der Waals surface area contributed by atoms with Gasteiger partial charge in [0.25, 0.3) is 0 Å². The molecule has 1 aliphatic rings. The average molecular weight is 335 g/mol. The monoisotopic (exact) mass is 335 g/mol. The Hall–Kier alpha value is -2.06. The molecule has 2 atom stereocenters. The van der Waals surface area contributed by atoms with Gasteiger partial charge in [-0.1, -0.05) is 73.9 Å². The number of benzene rings is 2. The number of hydrogen-bond donors (Lipinski definition) is 2. The van der Waals surface area contributed by atoms with Gasteiger partial charge >= 0.3 is 0 Å². The highest BCUT2D eigenvalue weighted by Crippen LogP contribution is 2.38. The van der Waals surface area contributed by atoms with E-state index in [4.69, 9.17) is 0 Å². The maximum atomic E-state index is 10.1. The summed E-state index contributed by atoms with van der Waals surface area (Å²) in [4.78, 5) is 0. The number of phenols is 1. The van der Waals surface area contributed by atoms with Gasteiger partial charge in [0.15, 0.2) is 0 Å². The molecule has 3 rings (SSSR count). The van der Waals surface area contributed by atoms with E-state index in [9.17, 15) is 5.11 Å². The second-order valence-electron chi connectivity index (χ2n) is 7.11. The molecule has 0 saturated heterocycles. The standard InChI is InChI=1S/C23H29NO/c1-2-21(18-11-5-3-6-12-18)23(19-13-7-4-8-14-19)24-17-20-15-9-10-16-22(20)25/h2,4,7-10,13-16,18,21,23-25H,1,3,5-6,11-12,17H2/t21-,23-/m1/s1. The van der Waals surface area contributed by atoms with E-state index in [1.807, 2.05) is 18.2 Å². The number of hydrogen-bond acceptors (Lipinski definition) is 2. The van der Waals surface area contributed by atoms with E-state index in [1.165, 1.54) is 37.7 Å². The van der Waals surface area contributed by atoms with Crippen LogP contribution in [0.4, 0.5) is 0 Å².